The number of halogens is 1. The van der Waals surface area contributed by atoms with Gasteiger partial charge in [0.25, 0.3) is 0 Å². The van der Waals surface area contributed by atoms with Crippen LogP contribution < -0.4 is 5.32 Å². The van der Waals surface area contributed by atoms with Crippen LogP contribution in [-0.2, 0) is 0 Å². The molecule has 3 aromatic rings. The van der Waals surface area contributed by atoms with Crippen molar-refractivity contribution in [3.05, 3.63) is 54.2 Å². The van der Waals surface area contributed by atoms with Crippen molar-refractivity contribution in [3.63, 3.8) is 0 Å². The second kappa shape index (κ2) is 5.50. The molecule has 0 amide bonds. The summed E-state index contributed by atoms with van der Waals surface area (Å²) in [5.41, 5.74) is 3.13. The lowest BCUT2D eigenvalue weighted by Gasteiger charge is -2.24. The van der Waals surface area contributed by atoms with Crippen molar-refractivity contribution in [1.82, 2.24) is 19.7 Å². The third-order valence-corrected chi connectivity index (χ3v) is 4.29. The molecule has 0 spiro atoms. The number of fused-ring (bicyclic) bond motifs is 1. The van der Waals surface area contributed by atoms with Gasteiger partial charge < -0.3 is 5.32 Å². The molecule has 1 saturated heterocycles. The number of hydrogen-bond acceptors (Lipinski definition) is 3. The molecule has 0 radical (unpaired) electrons. The van der Waals surface area contributed by atoms with Gasteiger partial charge in [0.2, 0.25) is 5.78 Å². The maximum atomic E-state index is 13.2. The molecule has 5 heteroatoms. The zero-order valence-corrected chi connectivity index (χ0v) is 12.2. The van der Waals surface area contributed by atoms with E-state index in [0.29, 0.717) is 11.7 Å². The molecule has 0 saturated carbocycles. The van der Waals surface area contributed by atoms with Gasteiger partial charge in [-0.15, -0.1) is 0 Å². The smallest absolute Gasteiger partial charge is 0.234 e. The highest BCUT2D eigenvalue weighted by Crippen LogP contribution is 2.28. The van der Waals surface area contributed by atoms with Crippen LogP contribution >= 0.6 is 0 Å². The van der Waals surface area contributed by atoms with E-state index in [1.165, 1.54) is 24.2 Å². The van der Waals surface area contributed by atoms with Crippen molar-refractivity contribution in [1.29, 1.82) is 0 Å². The first-order valence-corrected chi connectivity index (χ1v) is 7.62. The Labute approximate surface area is 128 Å². The predicted octanol–water partition coefficient (Wildman–Crippen LogP) is 3.00. The molecule has 1 aromatic carbocycles. The highest BCUT2D eigenvalue weighted by Gasteiger charge is 2.20. The van der Waals surface area contributed by atoms with E-state index in [2.05, 4.69) is 25.8 Å². The maximum absolute atomic E-state index is 13.2. The summed E-state index contributed by atoms with van der Waals surface area (Å²) in [5, 5.41) is 3.45. The number of rotatable bonds is 2. The summed E-state index contributed by atoms with van der Waals surface area (Å²) >= 11 is 0. The third kappa shape index (κ3) is 2.27. The van der Waals surface area contributed by atoms with Crippen LogP contribution in [0, 0.1) is 5.82 Å². The SMILES string of the molecule is Fc1ccc(-c2cnc3nccc(C4CCCNC4)n23)cc1. The molecule has 0 aliphatic carbocycles. The molecule has 22 heavy (non-hydrogen) atoms. The Balaban J connectivity index is 1.87. The predicted molar refractivity (Wildman–Crippen MR) is 83.2 cm³/mol. The van der Waals surface area contributed by atoms with Gasteiger partial charge >= 0.3 is 0 Å². The number of piperidine rings is 1. The van der Waals surface area contributed by atoms with Gasteiger partial charge in [-0.05, 0) is 49.7 Å². The molecule has 1 unspecified atom stereocenters. The number of benzene rings is 1. The topological polar surface area (TPSA) is 42.2 Å². The van der Waals surface area contributed by atoms with Crippen LogP contribution in [-0.4, -0.2) is 27.5 Å². The second-order valence-corrected chi connectivity index (χ2v) is 5.70. The summed E-state index contributed by atoms with van der Waals surface area (Å²) in [6.07, 6.45) is 5.97. The van der Waals surface area contributed by atoms with Crippen molar-refractivity contribution in [2.24, 2.45) is 0 Å². The molecule has 1 aliphatic heterocycles. The summed E-state index contributed by atoms with van der Waals surface area (Å²) in [5.74, 6) is 0.919. The minimum absolute atomic E-state index is 0.229. The maximum Gasteiger partial charge on any atom is 0.234 e. The first-order valence-electron chi connectivity index (χ1n) is 7.62. The Bertz CT molecular complexity index is 788. The van der Waals surface area contributed by atoms with E-state index in [4.69, 9.17) is 0 Å². The fraction of sp³-hybridized carbons (Fsp3) is 0.294. The summed E-state index contributed by atoms with van der Waals surface area (Å²) in [6, 6.07) is 8.60. The number of imidazole rings is 1. The average Bonchev–Trinajstić information content (AvgIpc) is 3.00. The zero-order valence-electron chi connectivity index (χ0n) is 12.2. The van der Waals surface area contributed by atoms with Crippen molar-refractivity contribution < 1.29 is 4.39 Å². The van der Waals surface area contributed by atoms with Crippen LogP contribution in [0.1, 0.15) is 24.5 Å². The monoisotopic (exact) mass is 296 g/mol. The van der Waals surface area contributed by atoms with Crippen LogP contribution in [0.2, 0.25) is 0 Å². The lowest BCUT2D eigenvalue weighted by atomic mass is 9.95. The molecule has 4 rings (SSSR count). The van der Waals surface area contributed by atoms with Gasteiger partial charge in [0.15, 0.2) is 0 Å². The molecule has 0 bridgehead atoms. The van der Waals surface area contributed by atoms with E-state index >= 15 is 0 Å². The minimum atomic E-state index is -0.229. The summed E-state index contributed by atoms with van der Waals surface area (Å²) in [7, 11) is 0. The van der Waals surface area contributed by atoms with E-state index < -0.39 is 0 Å². The minimum Gasteiger partial charge on any atom is -0.316 e. The number of hydrogen-bond donors (Lipinski definition) is 1. The van der Waals surface area contributed by atoms with Crippen LogP contribution in [0.5, 0.6) is 0 Å². The summed E-state index contributed by atoms with van der Waals surface area (Å²) in [6.45, 7) is 2.06. The quantitative estimate of drug-likeness (QED) is 0.790. The highest BCUT2D eigenvalue weighted by atomic mass is 19.1. The van der Waals surface area contributed by atoms with Crippen LogP contribution in [0.4, 0.5) is 4.39 Å². The van der Waals surface area contributed by atoms with Gasteiger partial charge in [-0.1, -0.05) is 0 Å². The van der Waals surface area contributed by atoms with E-state index in [9.17, 15) is 4.39 Å². The Morgan fingerprint density at radius 3 is 2.77 bits per heavy atom. The number of nitrogens with one attached hydrogen (secondary N) is 1. The fourth-order valence-electron chi connectivity index (χ4n) is 3.19. The summed E-state index contributed by atoms with van der Waals surface area (Å²) < 4.78 is 15.3. The van der Waals surface area contributed by atoms with Gasteiger partial charge in [0.1, 0.15) is 5.82 Å². The standard InChI is InChI=1S/C17H17FN4/c18-14-5-3-12(4-6-14)16-11-21-17-20-9-7-15(22(16)17)13-2-1-8-19-10-13/h3-7,9,11,13,19H,1-2,8,10H2. The number of nitrogens with zero attached hydrogens (tertiary/aromatic N) is 3. The lowest BCUT2D eigenvalue weighted by Crippen LogP contribution is -2.29. The van der Waals surface area contributed by atoms with Crippen molar-refractivity contribution in [2.45, 2.75) is 18.8 Å². The molecule has 3 heterocycles. The molecular formula is C17H17FN4. The van der Waals surface area contributed by atoms with Crippen molar-refractivity contribution >= 4 is 5.78 Å². The lowest BCUT2D eigenvalue weighted by molar-refractivity contribution is 0.452. The largest absolute Gasteiger partial charge is 0.316 e. The molecule has 1 fully saturated rings. The zero-order chi connectivity index (χ0) is 14.9. The highest BCUT2D eigenvalue weighted by molar-refractivity contribution is 5.63. The molecular weight excluding hydrogens is 279 g/mol. The van der Waals surface area contributed by atoms with Gasteiger partial charge in [0, 0.05) is 29.9 Å². The van der Waals surface area contributed by atoms with E-state index in [0.717, 1.165) is 30.8 Å². The Hall–Kier alpha value is -2.27. The fourth-order valence-corrected chi connectivity index (χ4v) is 3.19. The molecule has 1 aliphatic rings. The molecule has 2 aromatic heterocycles. The Morgan fingerprint density at radius 2 is 2.00 bits per heavy atom. The van der Waals surface area contributed by atoms with Gasteiger partial charge in [-0.3, -0.25) is 4.40 Å². The molecule has 1 atom stereocenters. The van der Waals surface area contributed by atoms with Gasteiger partial charge in [-0.2, -0.15) is 0 Å². The van der Waals surface area contributed by atoms with Crippen molar-refractivity contribution in [2.75, 3.05) is 13.1 Å². The van der Waals surface area contributed by atoms with Gasteiger partial charge in [0.05, 0.1) is 11.9 Å². The molecule has 112 valence electrons. The van der Waals surface area contributed by atoms with Crippen LogP contribution in [0.15, 0.2) is 42.7 Å². The van der Waals surface area contributed by atoms with Gasteiger partial charge in [-0.25, -0.2) is 14.4 Å². The van der Waals surface area contributed by atoms with E-state index in [-0.39, 0.29) is 5.82 Å². The average molecular weight is 296 g/mol. The Kier molecular flexibility index (Phi) is 3.35. The Morgan fingerprint density at radius 1 is 1.14 bits per heavy atom. The third-order valence-electron chi connectivity index (χ3n) is 4.29. The van der Waals surface area contributed by atoms with E-state index in [1.807, 2.05) is 12.4 Å². The second-order valence-electron chi connectivity index (χ2n) is 5.70. The summed E-state index contributed by atoms with van der Waals surface area (Å²) in [4.78, 5) is 8.77. The first kappa shape index (κ1) is 13.4. The van der Waals surface area contributed by atoms with Crippen LogP contribution in [0.25, 0.3) is 17.0 Å². The van der Waals surface area contributed by atoms with Crippen LogP contribution in [0.3, 0.4) is 0 Å². The van der Waals surface area contributed by atoms with E-state index in [1.54, 1.807) is 12.1 Å². The first-order chi connectivity index (χ1) is 10.8. The van der Waals surface area contributed by atoms with Crippen molar-refractivity contribution in [3.8, 4) is 11.3 Å². The molecule has 4 nitrogen and oxygen atoms in total. The number of aromatic nitrogens is 3. The molecule has 1 N–H and O–H groups in total. The normalized spacial score (nSPS) is 18.7.